The quantitative estimate of drug-likeness (QED) is 0.288. The molecule has 0 atom stereocenters. The lowest BCUT2D eigenvalue weighted by molar-refractivity contribution is -0.157. The summed E-state index contributed by atoms with van der Waals surface area (Å²) in [6, 6.07) is 8.58. The van der Waals surface area contributed by atoms with Gasteiger partial charge >= 0.3 is 11.9 Å². The molecule has 0 spiro atoms. The Kier molecular flexibility index (Phi) is 9.62. The van der Waals surface area contributed by atoms with Crippen LogP contribution in [-0.2, 0) is 14.3 Å². The largest absolute Gasteiger partial charge is 0.479 e. The molecule has 1 N–H and O–H groups in total. The zero-order valence-corrected chi connectivity index (χ0v) is 26.4. The Balaban J connectivity index is 1.88. The van der Waals surface area contributed by atoms with E-state index in [1.54, 1.807) is 20.8 Å². The lowest BCUT2D eigenvalue weighted by Crippen LogP contribution is -2.40. The van der Waals surface area contributed by atoms with Gasteiger partial charge in [0.15, 0.2) is 17.2 Å². The van der Waals surface area contributed by atoms with E-state index in [-0.39, 0.29) is 17.4 Å². The molecule has 0 amide bonds. The zero-order chi connectivity index (χ0) is 28.3. The molecule has 0 bridgehead atoms. The predicted octanol–water partition coefficient (Wildman–Crippen LogP) is 8.48. The normalized spacial score (nSPS) is 17.1. The van der Waals surface area contributed by atoms with Gasteiger partial charge in [-0.25, -0.2) is 9.59 Å². The number of nitrogens with one attached hydrogen (secondary N) is 1. The zero-order valence-electron chi connectivity index (χ0n) is 24.0. The molecule has 1 aromatic heterocycles. The number of benzene rings is 1. The van der Waals surface area contributed by atoms with Crippen LogP contribution in [0, 0.1) is 10.8 Å². The van der Waals surface area contributed by atoms with Crippen molar-refractivity contribution in [2.45, 2.75) is 92.7 Å². The van der Waals surface area contributed by atoms with Crippen molar-refractivity contribution in [2.75, 3.05) is 18.5 Å². The summed E-state index contributed by atoms with van der Waals surface area (Å²) in [5, 5.41) is 3.76. The third kappa shape index (κ3) is 8.47. The van der Waals surface area contributed by atoms with Crippen LogP contribution in [0.25, 0.3) is 10.4 Å². The number of hydrogen-bond donors (Lipinski definition) is 1. The van der Waals surface area contributed by atoms with E-state index < -0.39 is 17.5 Å². The highest BCUT2D eigenvalue weighted by molar-refractivity contribution is 9.10. The van der Waals surface area contributed by atoms with Crippen LogP contribution in [0.15, 0.2) is 28.7 Å². The molecular formula is C30H42BrNO5S. The molecule has 0 saturated heterocycles. The Morgan fingerprint density at radius 2 is 1.79 bits per heavy atom. The van der Waals surface area contributed by atoms with Crippen molar-refractivity contribution >= 4 is 44.9 Å². The number of carbonyl (C=O) groups excluding carboxylic acids is 2. The Morgan fingerprint density at radius 1 is 1.13 bits per heavy atom. The molecular weight excluding hydrogens is 566 g/mol. The second-order valence-corrected chi connectivity index (χ2v) is 14.6. The maximum Gasteiger partial charge on any atom is 0.352 e. The van der Waals surface area contributed by atoms with E-state index in [1.165, 1.54) is 17.8 Å². The van der Waals surface area contributed by atoms with Gasteiger partial charge in [-0.05, 0) is 90.9 Å². The minimum absolute atomic E-state index is 0.280. The fourth-order valence-corrected chi connectivity index (χ4v) is 7.48. The van der Waals surface area contributed by atoms with E-state index in [2.05, 4.69) is 61.1 Å². The molecule has 1 heterocycles. The van der Waals surface area contributed by atoms with E-state index in [4.69, 9.17) is 14.2 Å². The second kappa shape index (κ2) is 12.0. The lowest BCUT2D eigenvalue weighted by Gasteiger charge is -2.45. The molecule has 1 aliphatic carbocycles. The molecule has 38 heavy (non-hydrogen) atoms. The van der Waals surface area contributed by atoms with Crippen molar-refractivity contribution in [3.05, 3.63) is 33.6 Å². The molecule has 210 valence electrons. The van der Waals surface area contributed by atoms with Crippen LogP contribution < -0.4 is 10.1 Å². The van der Waals surface area contributed by atoms with Crippen LogP contribution in [0.1, 0.15) is 90.7 Å². The number of carbonyl (C=O) groups is 2. The Labute approximate surface area is 240 Å². The summed E-state index contributed by atoms with van der Waals surface area (Å²) in [6.45, 7) is 16.7. The summed E-state index contributed by atoms with van der Waals surface area (Å²) in [5.74, 6) is -0.676. The van der Waals surface area contributed by atoms with E-state index in [9.17, 15) is 9.59 Å². The molecule has 0 unspecified atom stereocenters. The van der Waals surface area contributed by atoms with Crippen LogP contribution in [-0.4, -0.2) is 36.8 Å². The fraction of sp³-hybridized carbons (Fsp3) is 0.600. The Bertz CT molecular complexity index is 1130. The van der Waals surface area contributed by atoms with Crippen LogP contribution in [0.5, 0.6) is 5.75 Å². The van der Waals surface area contributed by atoms with E-state index in [0.29, 0.717) is 34.2 Å². The van der Waals surface area contributed by atoms with Crippen molar-refractivity contribution in [2.24, 2.45) is 10.8 Å². The molecule has 1 aliphatic rings. The highest BCUT2D eigenvalue weighted by atomic mass is 79.9. The van der Waals surface area contributed by atoms with Crippen molar-refractivity contribution in [1.29, 1.82) is 0 Å². The van der Waals surface area contributed by atoms with Gasteiger partial charge in [0.1, 0.15) is 5.60 Å². The van der Waals surface area contributed by atoms with Gasteiger partial charge < -0.3 is 19.5 Å². The van der Waals surface area contributed by atoms with Gasteiger partial charge in [0.25, 0.3) is 0 Å². The average molecular weight is 609 g/mol. The standard InChI is InChI=1S/C30H42BrNO5S/c1-9-13-35-27(34)26-24(36-17-22(33)37-28(2,3)4)23(31)25(38-26)19-11-10-12-20(14-19)32-21-15-29(5,6)18-30(7,8)16-21/h10-12,14,21,32H,9,13,15-18H2,1-8H3. The molecule has 0 radical (unpaired) electrons. The molecule has 1 fully saturated rings. The fourth-order valence-electron chi connectivity index (χ4n) is 5.54. The first-order chi connectivity index (χ1) is 17.6. The Hall–Kier alpha value is -2.06. The summed E-state index contributed by atoms with van der Waals surface area (Å²) < 4.78 is 17.3. The predicted molar refractivity (Wildman–Crippen MR) is 158 cm³/mol. The lowest BCUT2D eigenvalue weighted by atomic mass is 9.63. The highest BCUT2D eigenvalue weighted by Crippen LogP contribution is 2.48. The summed E-state index contributed by atoms with van der Waals surface area (Å²) in [7, 11) is 0. The molecule has 0 aliphatic heterocycles. The van der Waals surface area contributed by atoms with Gasteiger partial charge in [-0.3, -0.25) is 0 Å². The van der Waals surface area contributed by atoms with Gasteiger partial charge in [0.05, 0.1) is 16.0 Å². The van der Waals surface area contributed by atoms with E-state index in [0.717, 1.165) is 29.0 Å². The first kappa shape index (κ1) is 30.5. The molecule has 3 rings (SSSR count). The van der Waals surface area contributed by atoms with E-state index in [1.807, 2.05) is 19.1 Å². The van der Waals surface area contributed by atoms with Crippen molar-refractivity contribution in [3.63, 3.8) is 0 Å². The second-order valence-electron chi connectivity index (χ2n) is 12.7. The number of halogens is 1. The van der Waals surface area contributed by atoms with Crippen LogP contribution >= 0.6 is 27.3 Å². The maximum absolute atomic E-state index is 12.9. The third-order valence-electron chi connectivity index (χ3n) is 6.24. The molecule has 1 saturated carbocycles. The summed E-state index contributed by atoms with van der Waals surface area (Å²) in [5.41, 5.74) is 1.91. The summed E-state index contributed by atoms with van der Waals surface area (Å²) in [4.78, 5) is 26.4. The number of anilines is 1. The molecule has 8 heteroatoms. The van der Waals surface area contributed by atoms with Gasteiger partial charge in [0, 0.05) is 11.7 Å². The Morgan fingerprint density at radius 3 is 2.39 bits per heavy atom. The van der Waals surface area contributed by atoms with Crippen molar-refractivity contribution in [3.8, 4) is 16.2 Å². The summed E-state index contributed by atoms with van der Waals surface area (Å²) in [6.07, 6.45) is 4.14. The number of ether oxygens (including phenoxy) is 3. The van der Waals surface area contributed by atoms with E-state index >= 15 is 0 Å². The number of rotatable bonds is 9. The van der Waals surface area contributed by atoms with Crippen LogP contribution in [0.2, 0.25) is 0 Å². The maximum atomic E-state index is 12.9. The topological polar surface area (TPSA) is 73.9 Å². The summed E-state index contributed by atoms with van der Waals surface area (Å²) >= 11 is 4.94. The number of hydrogen-bond acceptors (Lipinski definition) is 7. The SMILES string of the molecule is CCCOC(=O)c1sc(-c2cccc(NC3CC(C)(C)CC(C)(C)C3)c2)c(Br)c1OCC(=O)OC(C)(C)C. The monoisotopic (exact) mass is 607 g/mol. The molecule has 1 aromatic carbocycles. The average Bonchev–Trinajstić information content (AvgIpc) is 3.09. The first-order valence-corrected chi connectivity index (χ1v) is 14.9. The smallest absolute Gasteiger partial charge is 0.352 e. The van der Waals surface area contributed by atoms with Crippen molar-refractivity contribution in [1.82, 2.24) is 0 Å². The van der Waals surface area contributed by atoms with Crippen LogP contribution in [0.3, 0.4) is 0 Å². The minimum atomic E-state index is -0.628. The molecule has 2 aromatic rings. The van der Waals surface area contributed by atoms with Gasteiger partial charge in [0.2, 0.25) is 0 Å². The number of thiophene rings is 1. The molecule has 6 nitrogen and oxygen atoms in total. The van der Waals surface area contributed by atoms with Gasteiger partial charge in [-0.2, -0.15) is 0 Å². The van der Waals surface area contributed by atoms with Crippen molar-refractivity contribution < 1.29 is 23.8 Å². The number of esters is 2. The highest BCUT2D eigenvalue weighted by Gasteiger charge is 2.38. The third-order valence-corrected chi connectivity index (χ3v) is 8.46. The minimum Gasteiger partial charge on any atom is -0.479 e. The van der Waals surface area contributed by atoms with Gasteiger partial charge in [-0.15, -0.1) is 11.3 Å². The van der Waals surface area contributed by atoms with Crippen LogP contribution in [0.4, 0.5) is 5.69 Å². The first-order valence-electron chi connectivity index (χ1n) is 13.3. The van der Waals surface area contributed by atoms with Gasteiger partial charge in [-0.1, -0.05) is 46.8 Å².